The van der Waals surface area contributed by atoms with Crippen LogP contribution in [0.2, 0.25) is 0 Å². The van der Waals surface area contributed by atoms with Gasteiger partial charge in [0, 0.05) is 26.1 Å². The molecule has 0 aromatic carbocycles. The Morgan fingerprint density at radius 3 is 2.56 bits per heavy atom. The van der Waals surface area contributed by atoms with E-state index in [2.05, 4.69) is 5.32 Å². The van der Waals surface area contributed by atoms with Gasteiger partial charge in [-0.15, -0.1) is 0 Å². The second kappa shape index (κ2) is 8.41. The summed E-state index contributed by atoms with van der Waals surface area (Å²) in [4.78, 5) is 12.9. The van der Waals surface area contributed by atoms with Crippen molar-refractivity contribution in [1.29, 1.82) is 0 Å². The zero-order valence-corrected chi connectivity index (χ0v) is 10.0. The lowest BCUT2D eigenvalue weighted by molar-refractivity contribution is -0.137. The highest BCUT2D eigenvalue weighted by atomic mass is 19.3. The lowest BCUT2D eigenvalue weighted by Crippen LogP contribution is -2.42. The number of amides is 1. The number of alkyl halides is 2. The maximum Gasteiger partial charge on any atom is 0.255 e. The number of halogens is 2. The third kappa shape index (κ3) is 5.97. The van der Waals surface area contributed by atoms with Gasteiger partial charge in [-0.05, 0) is 7.05 Å². The molecule has 0 radical (unpaired) electrons. The summed E-state index contributed by atoms with van der Waals surface area (Å²) < 4.78 is 29.3. The number of carbonyl (C=O) groups is 1. The summed E-state index contributed by atoms with van der Waals surface area (Å²) in [5.74, 6) is -0.577. The van der Waals surface area contributed by atoms with Crippen molar-refractivity contribution in [2.45, 2.75) is 13.3 Å². The molecular formula is C10H20F2N2O2. The van der Waals surface area contributed by atoms with Crippen LogP contribution in [0.5, 0.6) is 0 Å². The van der Waals surface area contributed by atoms with E-state index in [-0.39, 0.29) is 25.0 Å². The second-order valence-electron chi connectivity index (χ2n) is 3.63. The number of hydrogen-bond acceptors (Lipinski definition) is 3. The minimum absolute atomic E-state index is 0.202. The van der Waals surface area contributed by atoms with E-state index in [1.54, 1.807) is 14.0 Å². The molecule has 0 heterocycles. The van der Waals surface area contributed by atoms with Gasteiger partial charge in [0.25, 0.3) is 6.43 Å². The Labute approximate surface area is 94.9 Å². The number of nitrogens with one attached hydrogen (secondary N) is 1. The van der Waals surface area contributed by atoms with Crippen molar-refractivity contribution in [3.05, 3.63) is 0 Å². The zero-order chi connectivity index (χ0) is 12.6. The molecule has 6 heteroatoms. The molecule has 0 saturated heterocycles. The Hall–Kier alpha value is -0.750. The number of rotatable bonds is 8. The maximum absolute atomic E-state index is 12.3. The Kier molecular flexibility index (Phi) is 8.01. The Balaban J connectivity index is 4.29. The first-order valence-electron chi connectivity index (χ1n) is 5.23. The van der Waals surface area contributed by atoms with Crippen LogP contribution in [-0.2, 0) is 9.53 Å². The summed E-state index contributed by atoms with van der Waals surface area (Å²) in [5.41, 5.74) is 0. The van der Waals surface area contributed by atoms with Gasteiger partial charge in [-0.1, -0.05) is 6.92 Å². The molecule has 0 bridgehead atoms. The molecule has 4 nitrogen and oxygen atoms in total. The molecular weight excluding hydrogens is 218 g/mol. The smallest absolute Gasteiger partial charge is 0.255 e. The van der Waals surface area contributed by atoms with Crippen LogP contribution in [0.15, 0.2) is 0 Å². The van der Waals surface area contributed by atoms with E-state index < -0.39 is 13.0 Å². The molecule has 1 unspecified atom stereocenters. The van der Waals surface area contributed by atoms with Crippen LogP contribution < -0.4 is 5.32 Å². The summed E-state index contributed by atoms with van der Waals surface area (Å²) in [7, 11) is 3.19. The third-order valence-electron chi connectivity index (χ3n) is 2.17. The first kappa shape index (κ1) is 15.2. The van der Waals surface area contributed by atoms with E-state index in [9.17, 15) is 13.6 Å². The fraction of sp³-hybridized carbons (Fsp3) is 0.900. The van der Waals surface area contributed by atoms with Gasteiger partial charge in [-0.25, -0.2) is 8.78 Å². The summed E-state index contributed by atoms with van der Waals surface area (Å²) in [6.45, 7) is 2.13. The van der Waals surface area contributed by atoms with E-state index in [1.165, 1.54) is 7.11 Å². The second-order valence-corrected chi connectivity index (χ2v) is 3.63. The molecule has 0 aromatic rings. The summed E-state index contributed by atoms with van der Waals surface area (Å²) in [6, 6.07) is 0. The van der Waals surface area contributed by atoms with Gasteiger partial charge in [0.1, 0.15) is 0 Å². The molecule has 0 rings (SSSR count). The lowest BCUT2D eigenvalue weighted by Gasteiger charge is -2.25. The standard InChI is InChI=1S/C10H20F2N2O2/c1-8(6-13-2)10(15)14(4-5-16-3)7-9(11)12/h8-9,13H,4-7H2,1-3H3. The number of hydrogen-bond donors (Lipinski definition) is 1. The monoisotopic (exact) mass is 238 g/mol. The van der Waals surface area contributed by atoms with E-state index in [0.717, 1.165) is 4.90 Å². The molecule has 0 aliphatic rings. The molecule has 0 aliphatic carbocycles. The van der Waals surface area contributed by atoms with Crippen LogP contribution in [0.1, 0.15) is 6.92 Å². The first-order chi connectivity index (χ1) is 7.52. The predicted molar refractivity (Wildman–Crippen MR) is 57.6 cm³/mol. The molecule has 1 amide bonds. The van der Waals surface area contributed by atoms with Crippen molar-refractivity contribution in [2.24, 2.45) is 5.92 Å². The van der Waals surface area contributed by atoms with E-state index in [4.69, 9.17) is 4.74 Å². The van der Waals surface area contributed by atoms with Gasteiger partial charge in [-0.3, -0.25) is 4.79 Å². The van der Waals surface area contributed by atoms with Crippen molar-refractivity contribution in [3.63, 3.8) is 0 Å². The van der Waals surface area contributed by atoms with Gasteiger partial charge >= 0.3 is 0 Å². The van der Waals surface area contributed by atoms with Crippen molar-refractivity contribution in [3.8, 4) is 0 Å². The lowest BCUT2D eigenvalue weighted by atomic mass is 10.1. The van der Waals surface area contributed by atoms with Gasteiger partial charge in [0.05, 0.1) is 13.2 Å². The normalized spacial score (nSPS) is 12.9. The minimum atomic E-state index is -2.51. The number of ether oxygens (including phenoxy) is 1. The molecule has 1 N–H and O–H groups in total. The SMILES string of the molecule is CNCC(C)C(=O)N(CCOC)CC(F)F. The molecule has 1 atom stereocenters. The molecule has 0 spiro atoms. The van der Waals surface area contributed by atoms with Crippen LogP contribution in [0.25, 0.3) is 0 Å². The quantitative estimate of drug-likeness (QED) is 0.672. The summed E-state index contributed by atoms with van der Waals surface area (Å²) >= 11 is 0. The van der Waals surface area contributed by atoms with Gasteiger partial charge in [-0.2, -0.15) is 0 Å². The number of nitrogens with zero attached hydrogens (tertiary/aromatic N) is 1. The van der Waals surface area contributed by atoms with Crippen molar-refractivity contribution in [1.82, 2.24) is 10.2 Å². The van der Waals surface area contributed by atoms with Crippen LogP contribution in [0, 0.1) is 5.92 Å². The first-order valence-corrected chi connectivity index (χ1v) is 5.23. The van der Waals surface area contributed by atoms with Crippen LogP contribution in [0.3, 0.4) is 0 Å². The fourth-order valence-corrected chi connectivity index (χ4v) is 1.36. The van der Waals surface area contributed by atoms with Crippen molar-refractivity contribution < 1.29 is 18.3 Å². The summed E-state index contributed by atoms with van der Waals surface area (Å²) in [6.07, 6.45) is -2.51. The van der Waals surface area contributed by atoms with E-state index in [1.807, 2.05) is 0 Å². The molecule has 0 aromatic heterocycles. The molecule has 16 heavy (non-hydrogen) atoms. The highest BCUT2D eigenvalue weighted by molar-refractivity contribution is 5.78. The minimum Gasteiger partial charge on any atom is -0.383 e. The predicted octanol–water partition coefficient (Wildman–Crippen LogP) is 0.582. The van der Waals surface area contributed by atoms with E-state index >= 15 is 0 Å². The average Bonchev–Trinajstić information content (AvgIpc) is 2.23. The Morgan fingerprint density at radius 1 is 1.50 bits per heavy atom. The van der Waals surface area contributed by atoms with Gasteiger partial charge < -0.3 is 15.0 Å². The van der Waals surface area contributed by atoms with Gasteiger partial charge in [0.2, 0.25) is 5.91 Å². The maximum atomic E-state index is 12.3. The largest absolute Gasteiger partial charge is 0.383 e. The zero-order valence-electron chi connectivity index (χ0n) is 10.0. The third-order valence-corrected chi connectivity index (χ3v) is 2.17. The summed E-state index contributed by atoms with van der Waals surface area (Å²) in [5, 5.41) is 2.85. The van der Waals surface area contributed by atoms with Crippen LogP contribution in [-0.4, -0.2) is 57.6 Å². The molecule has 0 aliphatic heterocycles. The highest BCUT2D eigenvalue weighted by Gasteiger charge is 2.22. The van der Waals surface area contributed by atoms with Gasteiger partial charge in [0.15, 0.2) is 0 Å². The molecule has 0 saturated carbocycles. The fourth-order valence-electron chi connectivity index (χ4n) is 1.36. The highest BCUT2D eigenvalue weighted by Crippen LogP contribution is 2.05. The van der Waals surface area contributed by atoms with Crippen molar-refractivity contribution in [2.75, 3.05) is 40.4 Å². The molecule has 96 valence electrons. The Bertz CT molecular complexity index is 203. The van der Waals surface area contributed by atoms with E-state index in [0.29, 0.717) is 6.54 Å². The topological polar surface area (TPSA) is 41.6 Å². The average molecular weight is 238 g/mol. The van der Waals surface area contributed by atoms with Crippen molar-refractivity contribution >= 4 is 5.91 Å². The number of methoxy groups -OCH3 is 1. The molecule has 0 fully saturated rings. The number of carbonyl (C=O) groups excluding carboxylic acids is 1. The van der Waals surface area contributed by atoms with Crippen LogP contribution >= 0.6 is 0 Å². The van der Waals surface area contributed by atoms with Crippen LogP contribution in [0.4, 0.5) is 8.78 Å². The Morgan fingerprint density at radius 2 is 2.12 bits per heavy atom.